The number of hydrogen-bond acceptors (Lipinski definition) is 2. The van der Waals surface area contributed by atoms with Crippen LogP contribution in [0.1, 0.15) is 22.3 Å². The molecule has 3 aromatic carbocycles. The molecule has 0 bridgehead atoms. The second-order valence-corrected chi connectivity index (χ2v) is 7.47. The van der Waals surface area contributed by atoms with Crippen LogP contribution in [0.15, 0.2) is 54.6 Å². The first kappa shape index (κ1) is 19.7. The number of hydrogen-bond donors (Lipinski definition) is 0. The fraction of sp³-hybridized carbons (Fsp3) is 0.136. The number of anilines is 1. The van der Waals surface area contributed by atoms with Gasteiger partial charge in [0, 0.05) is 23.7 Å². The van der Waals surface area contributed by atoms with E-state index in [0.717, 1.165) is 6.07 Å². The maximum atomic E-state index is 14.5. The van der Waals surface area contributed by atoms with E-state index in [0.29, 0.717) is 40.7 Å². The molecule has 3 nitrogen and oxygen atoms in total. The number of halogens is 4. The summed E-state index contributed by atoms with van der Waals surface area (Å²) >= 11 is 12.2. The van der Waals surface area contributed by atoms with Crippen molar-refractivity contribution >= 4 is 34.8 Å². The summed E-state index contributed by atoms with van der Waals surface area (Å²) in [6.07, 6.45) is 1.11. The average Bonchev–Trinajstić information content (AvgIpc) is 2.70. The third-order valence-corrected chi connectivity index (χ3v) is 5.23. The van der Waals surface area contributed by atoms with Gasteiger partial charge < -0.3 is 9.64 Å². The normalized spacial score (nSPS) is 13.2. The number of carbonyl (C=O) groups is 1. The standard InChI is InChI=1S/C22H15Cl2F2NO2/c23-14-7-8-17(24)20(11-14)29-19-6-2-1-5-16(19)22(28)27-9-3-4-13-10-15(25)12-18(26)21(13)27/h1-2,5-8,10-12H,3-4,9H2. The van der Waals surface area contributed by atoms with Crippen LogP contribution in [0.2, 0.25) is 10.0 Å². The summed E-state index contributed by atoms with van der Waals surface area (Å²) in [4.78, 5) is 14.6. The Kier molecular flexibility index (Phi) is 5.43. The van der Waals surface area contributed by atoms with Gasteiger partial charge in [0.05, 0.1) is 16.3 Å². The number of ether oxygens (including phenoxy) is 1. The average molecular weight is 434 g/mol. The second kappa shape index (κ2) is 8.01. The van der Waals surface area contributed by atoms with Gasteiger partial charge in [-0.05, 0) is 48.7 Å². The minimum atomic E-state index is -0.760. The lowest BCUT2D eigenvalue weighted by molar-refractivity contribution is 0.0982. The Hall–Kier alpha value is -2.63. The van der Waals surface area contributed by atoms with Crippen LogP contribution in [-0.4, -0.2) is 12.5 Å². The van der Waals surface area contributed by atoms with Gasteiger partial charge in [-0.2, -0.15) is 0 Å². The molecule has 0 N–H and O–H groups in total. The van der Waals surface area contributed by atoms with Crippen molar-refractivity contribution in [3.63, 3.8) is 0 Å². The fourth-order valence-corrected chi connectivity index (χ4v) is 3.72. The molecule has 4 rings (SSSR count). The number of carbonyl (C=O) groups excluding carboxylic acids is 1. The number of benzene rings is 3. The van der Waals surface area contributed by atoms with E-state index < -0.39 is 17.5 Å². The van der Waals surface area contributed by atoms with E-state index in [2.05, 4.69) is 0 Å². The Balaban J connectivity index is 1.72. The highest BCUT2D eigenvalue weighted by atomic mass is 35.5. The highest BCUT2D eigenvalue weighted by molar-refractivity contribution is 6.34. The van der Waals surface area contributed by atoms with Crippen molar-refractivity contribution in [3.05, 3.63) is 87.4 Å². The lowest BCUT2D eigenvalue weighted by Gasteiger charge is -2.30. The van der Waals surface area contributed by atoms with Crippen LogP contribution in [0.5, 0.6) is 11.5 Å². The van der Waals surface area contributed by atoms with Gasteiger partial charge in [-0.15, -0.1) is 0 Å². The predicted molar refractivity (Wildman–Crippen MR) is 109 cm³/mol. The predicted octanol–water partition coefficient (Wildman–Crippen LogP) is 6.66. The Morgan fingerprint density at radius 2 is 1.79 bits per heavy atom. The zero-order valence-corrected chi connectivity index (χ0v) is 16.6. The smallest absolute Gasteiger partial charge is 0.262 e. The Morgan fingerprint density at radius 3 is 2.62 bits per heavy atom. The van der Waals surface area contributed by atoms with Gasteiger partial charge in [0.2, 0.25) is 0 Å². The zero-order valence-electron chi connectivity index (χ0n) is 15.1. The van der Waals surface area contributed by atoms with Crippen LogP contribution in [0.4, 0.5) is 14.5 Å². The Morgan fingerprint density at radius 1 is 1.00 bits per heavy atom. The molecule has 3 aromatic rings. The fourth-order valence-electron chi connectivity index (χ4n) is 3.41. The summed E-state index contributed by atoms with van der Waals surface area (Å²) in [5.74, 6) is -1.30. The molecule has 1 aliphatic rings. The summed E-state index contributed by atoms with van der Waals surface area (Å²) < 4.78 is 34.0. The van der Waals surface area contributed by atoms with Crippen molar-refractivity contribution in [2.24, 2.45) is 0 Å². The number of aryl methyl sites for hydroxylation is 1. The maximum Gasteiger partial charge on any atom is 0.262 e. The molecule has 7 heteroatoms. The van der Waals surface area contributed by atoms with Crippen molar-refractivity contribution in [2.75, 3.05) is 11.4 Å². The van der Waals surface area contributed by atoms with Crippen LogP contribution < -0.4 is 9.64 Å². The van der Waals surface area contributed by atoms with Crippen LogP contribution >= 0.6 is 23.2 Å². The van der Waals surface area contributed by atoms with Crippen molar-refractivity contribution < 1.29 is 18.3 Å². The quantitative estimate of drug-likeness (QED) is 0.462. The third-order valence-electron chi connectivity index (χ3n) is 4.68. The van der Waals surface area contributed by atoms with Crippen LogP contribution in [0.25, 0.3) is 0 Å². The van der Waals surface area contributed by atoms with Crippen molar-refractivity contribution in [1.82, 2.24) is 0 Å². The number of fused-ring (bicyclic) bond motifs is 1. The van der Waals surface area contributed by atoms with E-state index in [4.69, 9.17) is 27.9 Å². The van der Waals surface area contributed by atoms with Gasteiger partial charge in [-0.1, -0.05) is 35.3 Å². The molecule has 0 aliphatic carbocycles. The summed E-state index contributed by atoms with van der Waals surface area (Å²) in [6, 6.07) is 13.4. The van der Waals surface area contributed by atoms with E-state index in [1.807, 2.05) is 0 Å². The Labute approximate surface area is 176 Å². The van der Waals surface area contributed by atoms with E-state index in [1.165, 1.54) is 11.0 Å². The van der Waals surface area contributed by atoms with Gasteiger partial charge in [0.25, 0.3) is 5.91 Å². The van der Waals surface area contributed by atoms with Crippen LogP contribution in [-0.2, 0) is 6.42 Å². The lowest BCUT2D eigenvalue weighted by Crippen LogP contribution is -2.36. The molecule has 0 fully saturated rings. The Bertz CT molecular complexity index is 1100. The summed E-state index contributed by atoms with van der Waals surface area (Å²) in [5.41, 5.74) is 0.816. The van der Waals surface area contributed by atoms with Gasteiger partial charge in [-0.25, -0.2) is 8.78 Å². The minimum Gasteiger partial charge on any atom is -0.455 e. The SMILES string of the molecule is O=C(c1ccccc1Oc1cc(Cl)ccc1Cl)N1CCCc2cc(F)cc(F)c21. The van der Waals surface area contributed by atoms with Crippen molar-refractivity contribution in [1.29, 1.82) is 0 Å². The largest absolute Gasteiger partial charge is 0.455 e. The molecule has 0 unspecified atom stereocenters. The van der Waals surface area contributed by atoms with E-state index in [1.54, 1.807) is 42.5 Å². The molecule has 148 valence electrons. The van der Waals surface area contributed by atoms with Gasteiger partial charge >= 0.3 is 0 Å². The zero-order chi connectivity index (χ0) is 20.5. The molecule has 1 aliphatic heterocycles. The van der Waals surface area contributed by atoms with E-state index in [9.17, 15) is 13.6 Å². The summed E-state index contributed by atoms with van der Waals surface area (Å²) in [5, 5.41) is 0.767. The minimum absolute atomic E-state index is 0.109. The van der Waals surface area contributed by atoms with Crippen LogP contribution in [0.3, 0.4) is 0 Å². The van der Waals surface area contributed by atoms with E-state index >= 15 is 0 Å². The molecular formula is C22H15Cl2F2NO2. The molecule has 1 amide bonds. The van der Waals surface area contributed by atoms with Crippen molar-refractivity contribution in [3.8, 4) is 11.5 Å². The molecule has 0 radical (unpaired) electrons. The van der Waals surface area contributed by atoms with Gasteiger partial charge in [0.1, 0.15) is 23.1 Å². The third kappa shape index (κ3) is 3.93. The molecule has 0 saturated carbocycles. The molecule has 1 heterocycles. The molecule has 0 aromatic heterocycles. The highest BCUT2D eigenvalue weighted by Gasteiger charge is 2.29. The van der Waals surface area contributed by atoms with Crippen molar-refractivity contribution in [2.45, 2.75) is 12.8 Å². The number of para-hydroxylation sites is 1. The number of nitrogens with zero attached hydrogens (tertiary/aromatic N) is 1. The monoisotopic (exact) mass is 433 g/mol. The molecule has 0 saturated heterocycles. The van der Waals surface area contributed by atoms with Gasteiger partial charge in [0.15, 0.2) is 0 Å². The molecule has 29 heavy (non-hydrogen) atoms. The first-order valence-electron chi connectivity index (χ1n) is 8.96. The molecular weight excluding hydrogens is 419 g/mol. The highest BCUT2D eigenvalue weighted by Crippen LogP contribution is 2.36. The first-order chi connectivity index (χ1) is 13.9. The van der Waals surface area contributed by atoms with E-state index in [-0.39, 0.29) is 17.0 Å². The lowest BCUT2D eigenvalue weighted by atomic mass is 10.00. The number of amides is 1. The topological polar surface area (TPSA) is 29.5 Å². The molecule has 0 atom stereocenters. The maximum absolute atomic E-state index is 14.5. The van der Waals surface area contributed by atoms with Crippen LogP contribution in [0, 0.1) is 11.6 Å². The first-order valence-corrected chi connectivity index (χ1v) is 9.71. The summed E-state index contributed by atoms with van der Waals surface area (Å²) in [7, 11) is 0. The second-order valence-electron chi connectivity index (χ2n) is 6.63. The van der Waals surface area contributed by atoms with Gasteiger partial charge in [-0.3, -0.25) is 4.79 Å². The number of rotatable bonds is 3. The molecule has 0 spiro atoms. The summed E-state index contributed by atoms with van der Waals surface area (Å²) in [6.45, 7) is 0.320.